The van der Waals surface area contributed by atoms with Crippen LogP contribution in [0.2, 0.25) is 0 Å². The number of rotatable bonds is 4. The summed E-state index contributed by atoms with van der Waals surface area (Å²) in [6.07, 6.45) is 5.69. The van der Waals surface area contributed by atoms with E-state index >= 15 is 0 Å². The van der Waals surface area contributed by atoms with E-state index in [1.807, 2.05) is 25.4 Å². The van der Waals surface area contributed by atoms with Crippen LogP contribution in [0.3, 0.4) is 0 Å². The molecule has 21 heavy (non-hydrogen) atoms. The molecule has 0 amide bonds. The second-order valence-electron chi connectivity index (χ2n) is 5.55. The van der Waals surface area contributed by atoms with Gasteiger partial charge in [-0.15, -0.1) is 11.3 Å². The highest BCUT2D eigenvalue weighted by Gasteiger charge is 2.27. The Balaban J connectivity index is 1.71. The Bertz CT molecular complexity index is 733. The van der Waals surface area contributed by atoms with Gasteiger partial charge < -0.3 is 4.57 Å². The molecule has 5 nitrogen and oxygen atoms in total. The van der Waals surface area contributed by atoms with Crippen LogP contribution >= 0.6 is 11.3 Å². The second kappa shape index (κ2) is 5.55. The number of nitrogens with zero attached hydrogens (tertiary/aromatic N) is 3. The first-order chi connectivity index (χ1) is 9.96. The van der Waals surface area contributed by atoms with Gasteiger partial charge in [0.15, 0.2) is 0 Å². The van der Waals surface area contributed by atoms with E-state index in [9.17, 15) is 8.42 Å². The van der Waals surface area contributed by atoms with Gasteiger partial charge in [0.1, 0.15) is 10.0 Å². The van der Waals surface area contributed by atoms with Crippen LogP contribution in [0.1, 0.15) is 17.1 Å². The minimum absolute atomic E-state index is 0.340. The maximum atomic E-state index is 12.5. The number of hydrogen-bond acceptors (Lipinski definition) is 4. The predicted octanol–water partition coefficient (Wildman–Crippen LogP) is 2.14. The topological polar surface area (TPSA) is 55.2 Å². The van der Waals surface area contributed by atoms with E-state index in [1.54, 1.807) is 13.1 Å². The normalized spacial score (nSPS) is 18.9. The Morgan fingerprint density at radius 3 is 3.00 bits per heavy atom. The third-order valence-electron chi connectivity index (χ3n) is 3.93. The fourth-order valence-corrected chi connectivity index (χ4v) is 5.49. The van der Waals surface area contributed by atoms with E-state index in [1.165, 1.54) is 15.6 Å². The molecule has 1 aliphatic rings. The molecule has 2 aromatic heterocycles. The molecule has 0 spiro atoms. The molecule has 3 heterocycles. The highest BCUT2D eigenvalue weighted by Crippen LogP contribution is 2.26. The standard InChI is InChI=1S/C14H19N3O2S2/c1-11-3-6-14(20-11)21(18,19)16(2)9-12-4-5-13-15-7-8-17(13)10-12/h3,6-8,12H,4-5,9-10H2,1-2H3/t12-/m1/s1. The van der Waals surface area contributed by atoms with Crippen molar-refractivity contribution in [2.45, 2.75) is 30.5 Å². The summed E-state index contributed by atoms with van der Waals surface area (Å²) in [4.78, 5) is 5.32. The van der Waals surface area contributed by atoms with Gasteiger partial charge in [-0.05, 0) is 31.4 Å². The van der Waals surface area contributed by atoms with E-state index < -0.39 is 10.0 Å². The SMILES string of the molecule is Cc1ccc(S(=O)(=O)N(C)C[C@H]2CCc3nccn3C2)s1. The van der Waals surface area contributed by atoms with E-state index in [2.05, 4.69) is 9.55 Å². The van der Waals surface area contributed by atoms with Gasteiger partial charge in [-0.2, -0.15) is 4.31 Å². The van der Waals surface area contributed by atoms with Crippen LogP contribution in [0.15, 0.2) is 28.7 Å². The lowest BCUT2D eigenvalue weighted by Crippen LogP contribution is -2.35. The van der Waals surface area contributed by atoms with Crippen LogP contribution in [-0.4, -0.2) is 35.9 Å². The molecular weight excluding hydrogens is 306 g/mol. The molecule has 2 aromatic rings. The van der Waals surface area contributed by atoms with Crippen LogP contribution in [-0.2, 0) is 23.0 Å². The second-order valence-corrected chi connectivity index (χ2v) is 9.11. The van der Waals surface area contributed by atoms with Crippen LogP contribution in [0.4, 0.5) is 0 Å². The van der Waals surface area contributed by atoms with Crippen molar-refractivity contribution in [2.24, 2.45) is 5.92 Å². The fourth-order valence-electron chi connectivity index (χ4n) is 2.75. The van der Waals surface area contributed by atoms with Gasteiger partial charge in [0.05, 0.1) is 0 Å². The Labute approximate surface area is 129 Å². The average Bonchev–Trinajstić information content (AvgIpc) is 3.06. The molecule has 114 valence electrons. The molecule has 0 aliphatic carbocycles. The third kappa shape index (κ3) is 2.90. The summed E-state index contributed by atoms with van der Waals surface area (Å²) in [5.74, 6) is 1.44. The molecule has 0 saturated heterocycles. The smallest absolute Gasteiger partial charge is 0.252 e. The highest BCUT2D eigenvalue weighted by molar-refractivity contribution is 7.91. The minimum Gasteiger partial charge on any atom is -0.335 e. The maximum absolute atomic E-state index is 12.5. The van der Waals surface area contributed by atoms with E-state index in [-0.39, 0.29) is 0 Å². The third-order valence-corrected chi connectivity index (χ3v) is 7.22. The van der Waals surface area contributed by atoms with Crippen molar-refractivity contribution in [3.63, 3.8) is 0 Å². The molecular formula is C14H19N3O2S2. The van der Waals surface area contributed by atoms with Crippen molar-refractivity contribution in [1.82, 2.24) is 13.9 Å². The molecule has 0 radical (unpaired) electrons. The summed E-state index contributed by atoms with van der Waals surface area (Å²) in [6.45, 7) is 3.32. The number of thiophene rings is 1. The summed E-state index contributed by atoms with van der Waals surface area (Å²) in [6, 6.07) is 3.55. The Hall–Kier alpha value is -1.18. The zero-order valence-corrected chi connectivity index (χ0v) is 13.8. The van der Waals surface area contributed by atoms with Crippen molar-refractivity contribution in [1.29, 1.82) is 0 Å². The molecule has 7 heteroatoms. The number of sulfonamides is 1. The zero-order valence-electron chi connectivity index (χ0n) is 12.2. The van der Waals surface area contributed by atoms with Gasteiger partial charge >= 0.3 is 0 Å². The van der Waals surface area contributed by atoms with E-state index in [0.29, 0.717) is 16.7 Å². The number of aryl methyl sites for hydroxylation is 2. The van der Waals surface area contributed by atoms with E-state index in [4.69, 9.17) is 0 Å². The molecule has 0 bridgehead atoms. The summed E-state index contributed by atoms with van der Waals surface area (Å²) < 4.78 is 29.1. The molecule has 3 rings (SSSR count). The predicted molar refractivity (Wildman–Crippen MR) is 82.9 cm³/mol. The summed E-state index contributed by atoms with van der Waals surface area (Å²) in [7, 11) is -1.68. The van der Waals surface area contributed by atoms with Crippen LogP contribution < -0.4 is 0 Å². The molecule has 0 aromatic carbocycles. The number of imidazole rings is 1. The minimum atomic E-state index is -3.35. The molecule has 0 N–H and O–H groups in total. The lowest BCUT2D eigenvalue weighted by Gasteiger charge is -2.27. The largest absolute Gasteiger partial charge is 0.335 e. The Kier molecular flexibility index (Phi) is 3.90. The molecule has 1 atom stereocenters. The van der Waals surface area contributed by atoms with Gasteiger partial charge in [0, 0.05) is 43.8 Å². The van der Waals surface area contributed by atoms with Crippen molar-refractivity contribution in [3.05, 3.63) is 35.2 Å². The Morgan fingerprint density at radius 1 is 1.48 bits per heavy atom. The van der Waals surface area contributed by atoms with Gasteiger partial charge in [-0.25, -0.2) is 13.4 Å². The van der Waals surface area contributed by atoms with Crippen LogP contribution in [0.5, 0.6) is 0 Å². The quantitative estimate of drug-likeness (QED) is 0.865. The van der Waals surface area contributed by atoms with Crippen LogP contribution in [0.25, 0.3) is 0 Å². The van der Waals surface area contributed by atoms with Crippen molar-refractivity contribution < 1.29 is 8.42 Å². The van der Waals surface area contributed by atoms with Crippen LogP contribution in [0, 0.1) is 12.8 Å². The van der Waals surface area contributed by atoms with Gasteiger partial charge in [-0.1, -0.05) is 0 Å². The summed E-state index contributed by atoms with van der Waals surface area (Å²) >= 11 is 1.33. The monoisotopic (exact) mass is 325 g/mol. The first-order valence-electron chi connectivity index (χ1n) is 6.99. The van der Waals surface area contributed by atoms with Gasteiger partial charge in [0.25, 0.3) is 10.0 Å². The summed E-state index contributed by atoms with van der Waals surface area (Å²) in [5, 5.41) is 0. The summed E-state index contributed by atoms with van der Waals surface area (Å²) in [5.41, 5.74) is 0. The van der Waals surface area contributed by atoms with Crippen molar-refractivity contribution >= 4 is 21.4 Å². The lowest BCUT2D eigenvalue weighted by atomic mass is 10.00. The van der Waals surface area contributed by atoms with Crippen molar-refractivity contribution in [3.8, 4) is 0 Å². The van der Waals surface area contributed by atoms with Crippen molar-refractivity contribution in [2.75, 3.05) is 13.6 Å². The first-order valence-corrected chi connectivity index (χ1v) is 9.25. The number of hydrogen-bond donors (Lipinski definition) is 0. The van der Waals surface area contributed by atoms with Gasteiger partial charge in [-0.3, -0.25) is 0 Å². The van der Waals surface area contributed by atoms with Gasteiger partial charge in [0.2, 0.25) is 0 Å². The maximum Gasteiger partial charge on any atom is 0.252 e. The average molecular weight is 325 g/mol. The molecule has 1 aliphatic heterocycles. The molecule has 0 fully saturated rings. The lowest BCUT2D eigenvalue weighted by molar-refractivity contribution is 0.303. The number of aromatic nitrogens is 2. The zero-order chi connectivity index (χ0) is 15.0. The molecule has 0 saturated carbocycles. The highest BCUT2D eigenvalue weighted by atomic mass is 32.2. The van der Waals surface area contributed by atoms with E-state index in [0.717, 1.165) is 30.1 Å². The Morgan fingerprint density at radius 2 is 2.29 bits per heavy atom. The molecule has 0 unspecified atom stereocenters. The fraction of sp³-hybridized carbons (Fsp3) is 0.500. The first kappa shape index (κ1) is 14.7. The number of fused-ring (bicyclic) bond motifs is 1.